The Morgan fingerprint density at radius 3 is 2.55 bits per heavy atom. The van der Waals surface area contributed by atoms with Crippen LogP contribution in [0.1, 0.15) is 87.7 Å². The number of rotatable bonds is 10. The molecule has 1 aliphatic carbocycles. The number of aryl methyl sites for hydroxylation is 3. The molecule has 1 aromatic carbocycles. The SMILES string of the molecule is CC(=O)N[C@@H](CC(=O)Nc1ccc(C)cc1C)c1nnc(CCCC(C)C)n1C1CC1. The summed E-state index contributed by atoms with van der Waals surface area (Å²) >= 11 is 0. The molecule has 0 radical (unpaired) electrons. The van der Waals surface area contributed by atoms with Crippen molar-refractivity contribution in [3.63, 3.8) is 0 Å². The number of aromatic nitrogens is 3. The highest BCUT2D eigenvalue weighted by molar-refractivity contribution is 5.92. The highest BCUT2D eigenvalue weighted by Crippen LogP contribution is 2.38. The highest BCUT2D eigenvalue weighted by Gasteiger charge is 2.33. The molecule has 3 rings (SSSR count). The number of amides is 2. The Bertz CT molecular complexity index is 930. The molecule has 7 nitrogen and oxygen atoms in total. The molecule has 1 fully saturated rings. The number of carbonyl (C=O) groups is 2. The molecule has 1 saturated carbocycles. The molecule has 0 aliphatic heterocycles. The first-order valence-corrected chi connectivity index (χ1v) is 11.3. The number of carbonyl (C=O) groups excluding carboxylic acids is 2. The fraction of sp³-hybridized carbons (Fsp3) is 0.583. The molecular weight excluding hydrogens is 390 g/mol. The monoisotopic (exact) mass is 425 g/mol. The van der Waals surface area contributed by atoms with Crippen molar-refractivity contribution in [1.29, 1.82) is 0 Å². The summed E-state index contributed by atoms with van der Waals surface area (Å²) in [5.74, 6) is 1.96. The summed E-state index contributed by atoms with van der Waals surface area (Å²) in [6.45, 7) is 9.91. The quantitative estimate of drug-likeness (QED) is 0.590. The van der Waals surface area contributed by atoms with E-state index in [0.717, 1.165) is 54.7 Å². The molecule has 2 amide bonds. The van der Waals surface area contributed by atoms with Crippen LogP contribution in [-0.4, -0.2) is 26.6 Å². The summed E-state index contributed by atoms with van der Waals surface area (Å²) in [5.41, 5.74) is 2.95. The zero-order valence-electron chi connectivity index (χ0n) is 19.4. The van der Waals surface area contributed by atoms with E-state index >= 15 is 0 Å². The molecule has 2 aromatic rings. The van der Waals surface area contributed by atoms with E-state index in [9.17, 15) is 9.59 Å². The van der Waals surface area contributed by atoms with E-state index in [1.54, 1.807) is 0 Å². The van der Waals surface area contributed by atoms with Crippen LogP contribution in [0.5, 0.6) is 0 Å². The van der Waals surface area contributed by atoms with Crippen molar-refractivity contribution in [3.05, 3.63) is 41.0 Å². The average molecular weight is 426 g/mol. The number of hydrogen-bond acceptors (Lipinski definition) is 4. The van der Waals surface area contributed by atoms with Crippen molar-refractivity contribution in [1.82, 2.24) is 20.1 Å². The molecule has 31 heavy (non-hydrogen) atoms. The van der Waals surface area contributed by atoms with Gasteiger partial charge in [0.1, 0.15) is 5.82 Å². The van der Waals surface area contributed by atoms with Gasteiger partial charge in [0, 0.05) is 25.1 Å². The van der Waals surface area contributed by atoms with Crippen molar-refractivity contribution >= 4 is 17.5 Å². The molecule has 7 heteroatoms. The Hall–Kier alpha value is -2.70. The predicted molar refractivity (Wildman–Crippen MR) is 122 cm³/mol. The molecule has 0 unspecified atom stereocenters. The van der Waals surface area contributed by atoms with Gasteiger partial charge in [-0.2, -0.15) is 0 Å². The van der Waals surface area contributed by atoms with E-state index < -0.39 is 6.04 Å². The zero-order chi connectivity index (χ0) is 22.5. The van der Waals surface area contributed by atoms with E-state index in [4.69, 9.17) is 0 Å². The summed E-state index contributed by atoms with van der Waals surface area (Å²) in [6.07, 6.45) is 5.35. The number of hydrogen-bond donors (Lipinski definition) is 2. The van der Waals surface area contributed by atoms with Gasteiger partial charge in [0.2, 0.25) is 11.8 Å². The van der Waals surface area contributed by atoms with Crippen LogP contribution in [-0.2, 0) is 16.0 Å². The van der Waals surface area contributed by atoms with Crippen LogP contribution < -0.4 is 10.6 Å². The Kier molecular flexibility index (Phi) is 7.46. The Balaban J connectivity index is 1.77. The Morgan fingerprint density at radius 1 is 1.19 bits per heavy atom. The lowest BCUT2D eigenvalue weighted by Crippen LogP contribution is -2.32. The topological polar surface area (TPSA) is 88.9 Å². The molecule has 2 N–H and O–H groups in total. The number of benzene rings is 1. The highest BCUT2D eigenvalue weighted by atomic mass is 16.2. The maximum absolute atomic E-state index is 12.8. The van der Waals surface area contributed by atoms with Crippen LogP contribution in [0.4, 0.5) is 5.69 Å². The Morgan fingerprint density at radius 2 is 1.94 bits per heavy atom. The van der Waals surface area contributed by atoms with Crippen molar-refractivity contribution in [3.8, 4) is 0 Å². The van der Waals surface area contributed by atoms with Crippen LogP contribution in [0.25, 0.3) is 0 Å². The zero-order valence-corrected chi connectivity index (χ0v) is 19.4. The molecule has 1 aliphatic rings. The van der Waals surface area contributed by atoms with Crippen LogP contribution in [0.2, 0.25) is 0 Å². The van der Waals surface area contributed by atoms with Crippen molar-refractivity contribution < 1.29 is 9.59 Å². The molecule has 0 saturated heterocycles. The summed E-state index contributed by atoms with van der Waals surface area (Å²) in [7, 11) is 0. The van der Waals surface area contributed by atoms with Gasteiger partial charge in [0.05, 0.1) is 12.5 Å². The molecule has 1 heterocycles. The second kappa shape index (κ2) is 10.1. The van der Waals surface area contributed by atoms with Gasteiger partial charge in [-0.1, -0.05) is 38.0 Å². The number of anilines is 1. The van der Waals surface area contributed by atoms with E-state index in [0.29, 0.717) is 17.8 Å². The summed E-state index contributed by atoms with van der Waals surface area (Å²) < 4.78 is 2.17. The maximum Gasteiger partial charge on any atom is 0.226 e. The van der Waals surface area contributed by atoms with Crippen LogP contribution in [0.3, 0.4) is 0 Å². The average Bonchev–Trinajstić information content (AvgIpc) is 3.42. The number of nitrogens with one attached hydrogen (secondary N) is 2. The van der Waals surface area contributed by atoms with Gasteiger partial charge in [0.25, 0.3) is 0 Å². The van der Waals surface area contributed by atoms with Gasteiger partial charge in [-0.05, 0) is 50.7 Å². The van der Waals surface area contributed by atoms with E-state index in [1.807, 2.05) is 32.0 Å². The number of nitrogens with zero attached hydrogens (tertiary/aromatic N) is 3. The smallest absolute Gasteiger partial charge is 0.226 e. The largest absolute Gasteiger partial charge is 0.346 e. The third kappa shape index (κ3) is 6.39. The van der Waals surface area contributed by atoms with E-state index in [1.165, 1.54) is 6.92 Å². The first-order chi connectivity index (χ1) is 14.7. The maximum atomic E-state index is 12.8. The first kappa shape index (κ1) is 23.0. The van der Waals surface area contributed by atoms with Crippen LogP contribution in [0, 0.1) is 19.8 Å². The Labute approximate surface area is 185 Å². The lowest BCUT2D eigenvalue weighted by Gasteiger charge is -2.19. The molecular formula is C24H35N5O2. The summed E-state index contributed by atoms with van der Waals surface area (Å²) in [6, 6.07) is 5.79. The molecule has 168 valence electrons. The van der Waals surface area contributed by atoms with Crippen molar-refractivity contribution in [2.45, 2.75) is 85.2 Å². The van der Waals surface area contributed by atoms with E-state index in [-0.39, 0.29) is 18.2 Å². The van der Waals surface area contributed by atoms with Gasteiger partial charge in [0.15, 0.2) is 5.82 Å². The summed E-state index contributed by atoms with van der Waals surface area (Å²) in [5, 5.41) is 14.8. The lowest BCUT2D eigenvalue weighted by molar-refractivity contribution is -0.120. The molecule has 0 bridgehead atoms. The second-order valence-corrected chi connectivity index (χ2v) is 9.19. The standard InChI is InChI=1S/C24H35N5O2/c1-15(2)7-6-8-22-27-28-24(29(22)19-10-11-19)21(25-18(5)30)14-23(31)26-20-12-9-16(3)13-17(20)4/h9,12-13,15,19,21H,6-8,10-11,14H2,1-5H3,(H,25,30)(H,26,31)/t21-/m0/s1. The normalized spacial score (nSPS) is 14.5. The molecule has 1 atom stereocenters. The molecule has 0 spiro atoms. The van der Waals surface area contributed by atoms with E-state index in [2.05, 4.69) is 39.2 Å². The van der Waals surface area contributed by atoms with Gasteiger partial charge in [-0.3, -0.25) is 9.59 Å². The third-order valence-corrected chi connectivity index (χ3v) is 5.62. The van der Waals surface area contributed by atoms with Crippen molar-refractivity contribution in [2.75, 3.05) is 5.32 Å². The van der Waals surface area contributed by atoms with Crippen molar-refractivity contribution in [2.24, 2.45) is 5.92 Å². The third-order valence-electron chi connectivity index (χ3n) is 5.62. The second-order valence-electron chi connectivity index (χ2n) is 9.19. The van der Waals surface area contributed by atoms with Gasteiger partial charge >= 0.3 is 0 Å². The predicted octanol–water partition coefficient (Wildman–Crippen LogP) is 4.41. The molecule has 1 aromatic heterocycles. The van der Waals surface area contributed by atoms with Crippen LogP contribution in [0.15, 0.2) is 18.2 Å². The van der Waals surface area contributed by atoms with Gasteiger partial charge in [-0.15, -0.1) is 10.2 Å². The minimum absolute atomic E-state index is 0.115. The minimum atomic E-state index is -0.504. The summed E-state index contributed by atoms with van der Waals surface area (Å²) in [4.78, 5) is 24.8. The lowest BCUT2D eigenvalue weighted by atomic mass is 10.1. The van der Waals surface area contributed by atoms with Crippen LogP contribution >= 0.6 is 0 Å². The first-order valence-electron chi connectivity index (χ1n) is 11.3. The fourth-order valence-corrected chi connectivity index (χ4v) is 3.94. The fourth-order valence-electron chi connectivity index (χ4n) is 3.94. The van der Waals surface area contributed by atoms with Gasteiger partial charge in [-0.25, -0.2) is 0 Å². The van der Waals surface area contributed by atoms with Gasteiger partial charge < -0.3 is 15.2 Å². The minimum Gasteiger partial charge on any atom is -0.346 e.